The van der Waals surface area contributed by atoms with Crippen molar-refractivity contribution >= 4 is 21.9 Å². The Kier molecular flexibility index (Phi) is 3.93. The summed E-state index contributed by atoms with van der Waals surface area (Å²) in [6.07, 6.45) is 3.27. The molecule has 0 aliphatic rings. The predicted molar refractivity (Wildman–Crippen MR) is 70.1 cm³/mol. The summed E-state index contributed by atoms with van der Waals surface area (Å²) in [7, 11) is 1.59. The second-order valence-electron chi connectivity index (χ2n) is 3.39. The van der Waals surface area contributed by atoms with Gasteiger partial charge in [0.15, 0.2) is 5.75 Å². The molecule has 0 aliphatic heterocycles. The van der Waals surface area contributed by atoms with Crippen LogP contribution in [0.3, 0.4) is 0 Å². The lowest BCUT2D eigenvalue weighted by Crippen LogP contribution is -2.03. The quantitative estimate of drug-likeness (QED) is 0.942. The van der Waals surface area contributed by atoms with Crippen LogP contribution < -0.4 is 10.1 Å². The molecule has 5 heteroatoms. The van der Waals surface area contributed by atoms with E-state index < -0.39 is 0 Å². The Morgan fingerprint density at radius 3 is 2.59 bits per heavy atom. The molecule has 0 radical (unpaired) electrons. The van der Waals surface area contributed by atoms with Gasteiger partial charge in [-0.05, 0) is 11.6 Å². The maximum atomic E-state index is 4.99. The molecule has 1 heterocycles. The zero-order chi connectivity index (χ0) is 12.1. The number of hydrogen-bond acceptors (Lipinski definition) is 4. The van der Waals surface area contributed by atoms with E-state index in [1.807, 2.05) is 24.3 Å². The number of ether oxygens (including phenoxy) is 1. The van der Waals surface area contributed by atoms with E-state index in [1.54, 1.807) is 19.5 Å². The summed E-state index contributed by atoms with van der Waals surface area (Å²) >= 11 is 3.49. The van der Waals surface area contributed by atoms with Crippen LogP contribution in [0, 0.1) is 0 Å². The summed E-state index contributed by atoms with van der Waals surface area (Å²) in [4.78, 5) is 8.26. The van der Waals surface area contributed by atoms with Crippen molar-refractivity contribution in [2.45, 2.75) is 6.54 Å². The van der Waals surface area contributed by atoms with Crippen LogP contribution in [0.15, 0.2) is 41.1 Å². The number of aromatic nitrogens is 2. The average molecular weight is 294 g/mol. The fraction of sp³-hybridized carbons (Fsp3) is 0.167. The molecule has 0 bridgehead atoms. The van der Waals surface area contributed by atoms with E-state index in [-0.39, 0.29) is 0 Å². The second kappa shape index (κ2) is 5.63. The van der Waals surface area contributed by atoms with Gasteiger partial charge in [-0.3, -0.25) is 0 Å². The highest BCUT2D eigenvalue weighted by molar-refractivity contribution is 9.10. The van der Waals surface area contributed by atoms with Crippen molar-refractivity contribution in [3.05, 3.63) is 46.7 Å². The lowest BCUT2D eigenvalue weighted by Gasteiger charge is -2.06. The van der Waals surface area contributed by atoms with Crippen LogP contribution in [-0.2, 0) is 6.54 Å². The second-order valence-corrected chi connectivity index (χ2v) is 4.25. The van der Waals surface area contributed by atoms with E-state index in [0.29, 0.717) is 18.2 Å². The molecule has 0 fully saturated rings. The topological polar surface area (TPSA) is 47.0 Å². The van der Waals surface area contributed by atoms with Crippen molar-refractivity contribution in [1.82, 2.24) is 9.97 Å². The van der Waals surface area contributed by atoms with E-state index in [9.17, 15) is 0 Å². The molecule has 0 spiro atoms. The SMILES string of the molecule is COc1cnc(NCc2ccccc2Br)nc1. The highest BCUT2D eigenvalue weighted by Gasteiger charge is 2.00. The Balaban J connectivity index is 2.00. The van der Waals surface area contributed by atoms with Gasteiger partial charge in [-0.1, -0.05) is 34.1 Å². The number of anilines is 1. The summed E-state index contributed by atoms with van der Waals surface area (Å²) in [5, 5.41) is 3.15. The van der Waals surface area contributed by atoms with Crippen molar-refractivity contribution in [2.24, 2.45) is 0 Å². The van der Waals surface area contributed by atoms with Crippen LogP contribution in [0.1, 0.15) is 5.56 Å². The molecular weight excluding hydrogens is 282 g/mol. The first-order valence-electron chi connectivity index (χ1n) is 5.13. The van der Waals surface area contributed by atoms with Gasteiger partial charge >= 0.3 is 0 Å². The van der Waals surface area contributed by atoms with Crippen LogP contribution in [0.2, 0.25) is 0 Å². The largest absolute Gasteiger partial charge is 0.494 e. The van der Waals surface area contributed by atoms with Crippen LogP contribution in [0.25, 0.3) is 0 Å². The zero-order valence-corrected chi connectivity index (χ0v) is 10.9. The number of halogens is 1. The Morgan fingerprint density at radius 1 is 1.24 bits per heavy atom. The van der Waals surface area contributed by atoms with Gasteiger partial charge in [-0.2, -0.15) is 0 Å². The molecule has 0 atom stereocenters. The van der Waals surface area contributed by atoms with Gasteiger partial charge in [0.25, 0.3) is 0 Å². The molecule has 0 saturated carbocycles. The van der Waals surface area contributed by atoms with Gasteiger partial charge in [-0.15, -0.1) is 0 Å². The maximum Gasteiger partial charge on any atom is 0.223 e. The number of rotatable bonds is 4. The van der Waals surface area contributed by atoms with E-state index in [2.05, 4.69) is 31.2 Å². The molecule has 88 valence electrons. The van der Waals surface area contributed by atoms with Gasteiger partial charge in [0.2, 0.25) is 5.95 Å². The van der Waals surface area contributed by atoms with Gasteiger partial charge in [-0.25, -0.2) is 9.97 Å². The monoisotopic (exact) mass is 293 g/mol. The van der Waals surface area contributed by atoms with E-state index >= 15 is 0 Å². The van der Waals surface area contributed by atoms with Gasteiger partial charge < -0.3 is 10.1 Å². The Morgan fingerprint density at radius 2 is 1.94 bits per heavy atom. The summed E-state index contributed by atoms with van der Waals surface area (Å²) in [6, 6.07) is 8.03. The molecule has 0 unspecified atom stereocenters. The van der Waals surface area contributed by atoms with Crippen molar-refractivity contribution in [3.8, 4) is 5.75 Å². The van der Waals surface area contributed by atoms with E-state index in [4.69, 9.17) is 4.74 Å². The Bertz CT molecular complexity index is 487. The first kappa shape index (κ1) is 11.9. The van der Waals surface area contributed by atoms with Crippen molar-refractivity contribution in [3.63, 3.8) is 0 Å². The van der Waals surface area contributed by atoms with Gasteiger partial charge in [0.05, 0.1) is 19.5 Å². The number of methoxy groups -OCH3 is 1. The predicted octanol–water partition coefficient (Wildman–Crippen LogP) is 2.86. The molecule has 1 aromatic heterocycles. The third-order valence-electron chi connectivity index (χ3n) is 2.26. The molecule has 17 heavy (non-hydrogen) atoms. The molecule has 1 aromatic carbocycles. The van der Waals surface area contributed by atoms with Gasteiger partial charge in [0, 0.05) is 11.0 Å². The first-order chi connectivity index (χ1) is 8.29. The number of nitrogens with zero attached hydrogens (tertiary/aromatic N) is 2. The number of hydrogen-bond donors (Lipinski definition) is 1. The smallest absolute Gasteiger partial charge is 0.223 e. The minimum atomic E-state index is 0.585. The van der Waals surface area contributed by atoms with Gasteiger partial charge in [0.1, 0.15) is 0 Å². The lowest BCUT2D eigenvalue weighted by molar-refractivity contribution is 0.411. The van der Waals surface area contributed by atoms with Crippen LogP contribution >= 0.6 is 15.9 Å². The van der Waals surface area contributed by atoms with E-state index in [1.165, 1.54) is 0 Å². The highest BCUT2D eigenvalue weighted by atomic mass is 79.9. The molecule has 0 aliphatic carbocycles. The third kappa shape index (κ3) is 3.17. The standard InChI is InChI=1S/C12H12BrN3O/c1-17-10-7-15-12(16-8-10)14-6-9-4-2-3-5-11(9)13/h2-5,7-8H,6H2,1H3,(H,14,15,16). The minimum Gasteiger partial charge on any atom is -0.494 e. The Labute approximate surface area is 108 Å². The zero-order valence-electron chi connectivity index (χ0n) is 9.35. The van der Waals surface area contributed by atoms with E-state index in [0.717, 1.165) is 10.0 Å². The summed E-state index contributed by atoms with van der Waals surface area (Å²) in [5.41, 5.74) is 1.16. The molecule has 0 amide bonds. The molecule has 4 nitrogen and oxygen atoms in total. The van der Waals surface area contributed by atoms with Crippen molar-refractivity contribution in [2.75, 3.05) is 12.4 Å². The fourth-order valence-electron chi connectivity index (χ4n) is 1.33. The fourth-order valence-corrected chi connectivity index (χ4v) is 1.75. The molecule has 2 aromatic rings. The minimum absolute atomic E-state index is 0.585. The van der Waals surface area contributed by atoms with Crippen molar-refractivity contribution in [1.29, 1.82) is 0 Å². The average Bonchev–Trinajstić information content (AvgIpc) is 2.38. The van der Waals surface area contributed by atoms with Crippen LogP contribution in [-0.4, -0.2) is 17.1 Å². The van der Waals surface area contributed by atoms with Crippen LogP contribution in [0.4, 0.5) is 5.95 Å². The summed E-state index contributed by atoms with van der Waals surface area (Å²) in [5.74, 6) is 1.23. The van der Waals surface area contributed by atoms with Crippen molar-refractivity contribution < 1.29 is 4.74 Å². The normalized spacial score (nSPS) is 10.0. The molecule has 1 N–H and O–H groups in total. The Hall–Kier alpha value is -1.62. The summed E-state index contributed by atoms with van der Waals surface area (Å²) < 4.78 is 6.06. The first-order valence-corrected chi connectivity index (χ1v) is 5.92. The lowest BCUT2D eigenvalue weighted by atomic mass is 10.2. The third-order valence-corrected chi connectivity index (χ3v) is 3.03. The number of nitrogens with one attached hydrogen (secondary N) is 1. The maximum absolute atomic E-state index is 4.99. The molecule has 2 rings (SSSR count). The number of benzene rings is 1. The highest BCUT2D eigenvalue weighted by Crippen LogP contribution is 2.16. The molecule has 0 saturated heterocycles. The molecular formula is C12H12BrN3O. The summed E-state index contributed by atoms with van der Waals surface area (Å²) in [6.45, 7) is 0.674. The van der Waals surface area contributed by atoms with Crippen LogP contribution in [0.5, 0.6) is 5.75 Å².